The normalized spacial score (nSPS) is 14.7. The van der Waals surface area contributed by atoms with Crippen molar-refractivity contribution in [2.45, 2.75) is 12.8 Å². The Hall–Kier alpha value is -2.36. The zero-order valence-corrected chi connectivity index (χ0v) is 11.3. The first kappa shape index (κ1) is 12.7. The van der Waals surface area contributed by atoms with E-state index in [0.717, 1.165) is 34.9 Å². The Labute approximate surface area is 117 Å². The summed E-state index contributed by atoms with van der Waals surface area (Å²) < 4.78 is 5.37. The fourth-order valence-electron chi connectivity index (χ4n) is 2.18. The lowest BCUT2D eigenvalue weighted by molar-refractivity contribution is -0.122. The van der Waals surface area contributed by atoms with Gasteiger partial charge in [0.15, 0.2) is 0 Å². The van der Waals surface area contributed by atoms with E-state index in [0.29, 0.717) is 0 Å². The van der Waals surface area contributed by atoms with Gasteiger partial charge in [-0.05, 0) is 29.7 Å². The van der Waals surface area contributed by atoms with E-state index in [1.165, 1.54) is 0 Å². The number of hydrazone groups is 1. The molecule has 2 aromatic rings. The summed E-state index contributed by atoms with van der Waals surface area (Å²) in [4.78, 5) is 11.6. The Morgan fingerprint density at radius 3 is 2.85 bits per heavy atom. The van der Waals surface area contributed by atoms with E-state index >= 15 is 0 Å². The van der Waals surface area contributed by atoms with Crippen LogP contribution in [0.5, 0.6) is 5.75 Å². The number of rotatable bonds is 4. The summed E-state index contributed by atoms with van der Waals surface area (Å²) in [6, 6.07) is 11.9. The van der Waals surface area contributed by atoms with Crippen LogP contribution in [0.2, 0.25) is 0 Å². The van der Waals surface area contributed by atoms with Gasteiger partial charge >= 0.3 is 0 Å². The molecule has 102 valence electrons. The quantitative estimate of drug-likeness (QED) is 0.684. The Bertz CT molecular complexity index is 675. The highest BCUT2D eigenvalue weighted by molar-refractivity contribution is 6.02. The van der Waals surface area contributed by atoms with E-state index in [9.17, 15) is 4.79 Å². The van der Waals surface area contributed by atoms with Gasteiger partial charge in [0.25, 0.3) is 0 Å². The number of hydrogen-bond acceptors (Lipinski definition) is 3. The van der Waals surface area contributed by atoms with Crippen molar-refractivity contribution in [3.63, 3.8) is 0 Å². The summed E-state index contributed by atoms with van der Waals surface area (Å²) in [5, 5.41) is 6.22. The summed E-state index contributed by atoms with van der Waals surface area (Å²) >= 11 is 0. The van der Waals surface area contributed by atoms with Gasteiger partial charge in [-0.3, -0.25) is 4.79 Å². The molecule has 1 aliphatic carbocycles. The zero-order chi connectivity index (χ0) is 13.9. The largest absolute Gasteiger partial charge is 0.496 e. The molecule has 0 atom stereocenters. The molecule has 0 radical (unpaired) electrons. The molecular formula is C16H16N2O2. The van der Waals surface area contributed by atoms with E-state index in [4.69, 9.17) is 4.74 Å². The van der Waals surface area contributed by atoms with E-state index in [2.05, 4.69) is 10.5 Å². The van der Waals surface area contributed by atoms with Crippen molar-refractivity contribution in [1.29, 1.82) is 0 Å². The third kappa shape index (κ3) is 2.50. The number of carbonyl (C=O) groups is 1. The van der Waals surface area contributed by atoms with E-state index < -0.39 is 0 Å². The van der Waals surface area contributed by atoms with Crippen molar-refractivity contribution in [3.8, 4) is 5.75 Å². The lowest BCUT2D eigenvalue weighted by atomic mass is 10.0. The second-order valence-corrected chi connectivity index (χ2v) is 4.91. The molecule has 20 heavy (non-hydrogen) atoms. The molecule has 0 saturated heterocycles. The molecule has 1 saturated carbocycles. The predicted molar refractivity (Wildman–Crippen MR) is 79.0 cm³/mol. The molecular weight excluding hydrogens is 252 g/mol. The lowest BCUT2D eigenvalue weighted by Crippen LogP contribution is -2.19. The van der Waals surface area contributed by atoms with Crippen LogP contribution in [0.1, 0.15) is 18.4 Å². The highest BCUT2D eigenvalue weighted by Gasteiger charge is 2.29. The number of carbonyl (C=O) groups excluding carboxylic acids is 1. The zero-order valence-electron chi connectivity index (χ0n) is 11.3. The van der Waals surface area contributed by atoms with Crippen molar-refractivity contribution in [1.82, 2.24) is 5.43 Å². The Morgan fingerprint density at radius 2 is 2.10 bits per heavy atom. The molecule has 3 rings (SSSR count). The van der Waals surface area contributed by atoms with Gasteiger partial charge in [0.05, 0.1) is 13.3 Å². The average molecular weight is 268 g/mol. The maximum Gasteiger partial charge on any atom is 0.243 e. The highest BCUT2D eigenvalue weighted by atomic mass is 16.5. The number of amides is 1. The van der Waals surface area contributed by atoms with Gasteiger partial charge in [0.1, 0.15) is 5.75 Å². The molecule has 0 spiro atoms. The molecule has 2 aromatic carbocycles. The number of hydrogen-bond donors (Lipinski definition) is 1. The van der Waals surface area contributed by atoms with Crippen LogP contribution >= 0.6 is 0 Å². The summed E-state index contributed by atoms with van der Waals surface area (Å²) in [6.45, 7) is 0. The fourth-order valence-corrected chi connectivity index (χ4v) is 2.18. The molecule has 1 fully saturated rings. The number of fused-ring (bicyclic) bond motifs is 1. The van der Waals surface area contributed by atoms with Crippen LogP contribution < -0.4 is 10.2 Å². The van der Waals surface area contributed by atoms with Crippen molar-refractivity contribution in [2.75, 3.05) is 7.11 Å². The summed E-state index contributed by atoms with van der Waals surface area (Å²) in [5.74, 6) is 0.898. The van der Waals surface area contributed by atoms with Gasteiger partial charge < -0.3 is 4.74 Å². The van der Waals surface area contributed by atoms with E-state index in [1.807, 2.05) is 36.4 Å². The molecule has 4 nitrogen and oxygen atoms in total. The summed E-state index contributed by atoms with van der Waals surface area (Å²) in [7, 11) is 1.63. The van der Waals surface area contributed by atoms with Gasteiger partial charge in [0.2, 0.25) is 5.91 Å². The number of methoxy groups -OCH3 is 1. The van der Waals surface area contributed by atoms with Crippen LogP contribution in [-0.4, -0.2) is 19.2 Å². The molecule has 1 amide bonds. The number of nitrogens with zero attached hydrogens (tertiary/aromatic N) is 1. The first-order valence-electron chi connectivity index (χ1n) is 6.68. The molecule has 0 heterocycles. The monoisotopic (exact) mass is 268 g/mol. The van der Waals surface area contributed by atoms with Crippen LogP contribution in [0.15, 0.2) is 41.5 Å². The standard InChI is InChI=1S/C16H16N2O2/c1-20-15-9-8-11-4-2-3-5-13(11)14(15)10-17-18-16(19)12-6-7-12/h2-5,8-10,12H,6-7H2,1H3,(H,18,19)/b17-10+. The van der Waals surface area contributed by atoms with Crippen molar-refractivity contribution >= 4 is 22.9 Å². The lowest BCUT2D eigenvalue weighted by Gasteiger charge is -2.08. The van der Waals surface area contributed by atoms with Crippen LogP contribution in [0.4, 0.5) is 0 Å². The molecule has 0 aliphatic heterocycles. The molecule has 0 aromatic heterocycles. The number of nitrogens with one attached hydrogen (secondary N) is 1. The average Bonchev–Trinajstić information content (AvgIpc) is 3.32. The van der Waals surface area contributed by atoms with Gasteiger partial charge in [-0.1, -0.05) is 30.3 Å². The minimum absolute atomic E-state index is 0.000420. The Kier molecular flexibility index (Phi) is 3.37. The first-order valence-corrected chi connectivity index (χ1v) is 6.68. The Balaban J connectivity index is 1.91. The molecule has 1 N–H and O–H groups in total. The van der Waals surface area contributed by atoms with Crippen LogP contribution in [0.3, 0.4) is 0 Å². The predicted octanol–water partition coefficient (Wildman–Crippen LogP) is 2.71. The van der Waals surface area contributed by atoms with Gasteiger partial charge in [-0.15, -0.1) is 0 Å². The topological polar surface area (TPSA) is 50.7 Å². The van der Waals surface area contributed by atoms with Crippen LogP contribution in [0, 0.1) is 5.92 Å². The number of ether oxygens (including phenoxy) is 1. The summed E-state index contributed by atoms with van der Waals surface area (Å²) in [5.41, 5.74) is 3.46. The van der Waals surface area contributed by atoms with Gasteiger partial charge in [-0.2, -0.15) is 5.10 Å². The van der Waals surface area contributed by atoms with Crippen LogP contribution in [-0.2, 0) is 4.79 Å². The molecule has 4 heteroatoms. The molecule has 0 unspecified atom stereocenters. The number of benzene rings is 2. The van der Waals surface area contributed by atoms with Crippen LogP contribution in [0.25, 0.3) is 10.8 Å². The highest BCUT2D eigenvalue weighted by Crippen LogP contribution is 2.29. The van der Waals surface area contributed by atoms with Crippen molar-refractivity contribution in [2.24, 2.45) is 11.0 Å². The second-order valence-electron chi connectivity index (χ2n) is 4.91. The minimum Gasteiger partial charge on any atom is -0.496 e. The van der Waals surface area contributed by atoms with Crippen molar-refractivity contribution in [3.05, 3.63) is 42.0 Å². The molecule has 1 aliphatic rings. The SMILES string of the molecule is COc1ccc2ccccc2c1/C=N/NC(=O)C1CC1. The Morgan fingerprint density at radius 1 is 1.30 bits per heavy atom. The second kappa shape index (κ2) is 5.33. The smallest absolute Gasteiger partial charge is 0.243 e. The third-order valence-corrected chi connectivity index (χ3v) is 3.47. The maximum atomic E-state index is 11.6. The first-order chi connectivity index (χ1) is 9.79. The maximum absolute atomic E-state index is 11.6. The van der Waals surface area contributed by atoms with Crippen molar-refractivity contribution < 1.29 is 9.53 Å². The van der Waals surface area contributed by atoms with Gasteiger partial charge in [0, 0.05) is 11.5 Å². The summed E-state index contributed by atoms with van der Waals surface area (Å²) in [6.07, 6.45) is 3.60. The third-order valence-electron chi connectivity index (χ3n) is 3.47. The fraction of sp³-hybridized carbons (Fsp3) is 0.250. The van der Waals surface area contributed by atoms with E-state index in [-0.39, 0.29) is 11.8 Å². The molecule has 0 bridgehead atoms. The van der Waals surface area contributed by atoms with E-state index in [1.54, 1.807) is 13.3 Å². The van der Waals surface area contributed by atoms with Gasteiger partial charge in [-0.25, -0.2) is 5.43 Å². The minimum atomic E-state index is 0.000420.